The van der Waals surface area contributed by atoms with Gasteiger partial charge in [0.1, 0.15) is 18.5 Å². The number of aromatic amines is 1. The van der Waals surface area contributed by atoms with Crippen LogP contribution in [-0.4, -0.2) is 39.3 Å². The fraction of sp³-hybridized carbons (Fsp3) is 0.259. The van der Waals surface area contributed by atoms with E-state index in [2.05, 4.69) is 28.5 Å². The number of hydrogen-bond donors (Lipinski definition) is 4. The SMILES string of the molecule is Cc1cc(OC[C@@H](O)CO)cc(C)c1-c1cccc(CNc2ccc(Cn3oc(=O)[nH]c3=O)cc2)c1. The highest BCUT2D eigenvalue weighted by Crippen LogP contribution is 2.31. The first-order valence-electron chi connectivity index (χ1n) is 11.6. The van der Waals surface area contributed by atoms with Crippen LogP contribution in [-0.2, 0) is 13.1 Å². The summed E-state index contributed by atoms with van der Waals surface area (Å²) in [4.78, 5) is 24.8. The van der Waals surface area contributed by atoms with Crippen LogP contribution >= 0.6 is 0 Å². The van der Waals surface area contributed by atoms with E-state index >= 15 is 0 Å². The van der Waals surface area contributed by atoms with Crippen molar-refractivity contribution in [3.63, 3.8) is 0 Å². The molecular weight excluding hydrogens is 462 g/mol. The molecule has 0 aliphatic heterocycles. The van der Waals surface area contributed by atoms with Gasteiger partial charge in [-0.25, -0.2) is 14.6 Å². The lowest BCUT2D eigenvalue weighted by Gasteiger charge is -2.16. The van der Waals surface area contributed by atoms with Crippen LogP contribution in [0.1, 0.15) is 22.3 Å². The lowest BCUT2D eigenvalue weighted by molar-refractivity contribution is 0.0536. The number of aliphatic hydroxyl groups excluding tert-OH is 2. The van der Waals surface area contributed by atoms with E-state index in [1.165, 1.54) is 0 Å². The first-order chi connectivity index (χ1) is 17.3. The minimum atomic E-state index is -0.906. The van der Waals surface area contributed by atoms with E-state index in [-0.39, 0.29) is 19.8 Å². The van der Waals surface area contributed by atoms with E-state index in [0.29, 0.717) is 12.3 Å². The molecule has 188 valence electrons. The highest BCUT2D eigenvalue weighted by atomic mass is 16.5. The van der Waals surface area contributed by atoms with Gasteiger partial charge < -0.3 is 24.8 Å². The van der Waals surface area contributed by atoms with Gasteiger partial charge in [0.25, 0.3) is 0 Å². The maximum absolute atomic E-state index is 11.6. The smallest absolute Gasteiger partial charge is 0.440 e. The Morgan fingerprint density at radius 2 is 1.75 bits per heavy atom. The van der Waals surface area contributed by atoms with Crippen molar-refractivity contribution >= 4 is 5.69 Å². The number of nitrogens with one attached hydrogen (secondary N) is 2. The normalized spacial score (nSPS) is 11.9. The van der Waals surface area contributed by atoms with E-state index in [1.54, 1.807) is 0 Å². The fourth-order valence-electron chi connectivity index (χ4n) is 4.06. The van der Waals surface area contributed by atoms with Crippen molar-refractivity contribution in [3.05, 3.63) is 104 Å². The molecule has 0 unspecified atom stereocenters. The summed E-state index contributed by atoms with van der Waals surface area (Å²) in [6, 6.07) is 19.7. The number of ether oxygens (including phenoxy) is 1. The highest BCUT2D eigenvalue weighted by molar-refractivity contribution is 5.72. The topological polar surface area (TPSA) is 130 Å². The Morgan fingerprint density at radius 3 is 2.39 bits per heavy atom. The molecule has 3 aromatic carbocycles. The Balaban J connectivity index is 1.42. The molecule has 0 bridgehead atoms. The quantitative estimate of drug-likeness (QED) is 0.268. The number of benzene rings is 3. The predicted octanol–water partition coefficient (Wildman–Crippen LogP) is 2.81. The van der Waals surface area contributed by atoms with Gasteiger partial charge in [-0.15, -0.1) is 4.74 Å². The average molecular weight is 492 g/mol. The molecule has 4 rings (SSSR count). The minimum absolute atomic E-state index is 0.0396. The maximum Gasteiger partial charge on any atom is 0.440 e. The molecular formula is C27H29N3O6. The third-order valence-electron chi connectivity index (χ3n) is 5.78. The Hall–Kier alpha value is -4.08. The van der Waals surface area contributed by atoms with E-state index in [1.807, 2.05) is 56.3 Å². The number of rotatable bonds is 10. The summed E-state index contributed by atoms with van der Waals surface area (Å²) in [5.41, 5.74) is 6.63. The third kappa shape index (κ3) is 6.12. The van der Waals surface area contributed by atoms with Gasteiger partial charge in [0.05, 0.1) is 13.2 Å². The van der Waals surface area contributed by atoms with Crippen molar-refractivity contribution in [2.75, 3.05) is 18.5 Å². The van der Waals surface area contributed by atoms with Crippen LogP contribution in [0.3, 0.4) is 0 Å². The average Bonchev–Trinajstić information content (AvgIpc) is 3.18. The summed E-state index contributed by atoms with van der Waals surface area (Å²) in [6.07, 6.45) is -0.906. The number of H-pyrrole nitrogens is 1. The second-order valence-corrected chi connectivity index (χ2v) is 8.68. The molecule has 0 fully saturated rings. The number of hydrogen-bond acceptors (Lipinski definition) is 7. The molecule has 36 heavy (non-hydrogen) atoms. The van der Waals surface area contributed by atoms with E-state index in [4.69, 9.17) is 14.4 Å². The van der Waals surface area contributed by atoms with Crippen LogP contribution < -0.4 is 21.5 Å². The van der Waals surface area contributed by atoms with Gasteiger partial charge in [0.15, 0.2) is 0 Å². The largest absolute Gasteiger partial charge is 0.491 e. The first-order valence-corrected chi connectivity index (χ1v) is 11.6. The predicted molar refractivity (Wildman–Crippen MR) is 136 cm³/mol. The number of nitrogens with zero attached hydrogens (tertiary/aromatic N) is 1. The molecule has 0 saturated heterocycles. The van der Waals surface area contributed by atoms with E-state index < -0.39 is 17.5 Å². The van der Waals surface area contributed by atoms with Gasteiger partial charge in [0, 0.05) is 12.2 Å². The number of aromatic nitrogens is 2. The molecule has 0 aliphatic rings. The third-order valence-corrected chi connectivity index (χ3v) is 5.78. The van der Waals surface area contributed by atoms with Crippen LogP contribution in [0.5, 0.6) is 5.75 Å². The summed E-state index contributed by atoms with van der Waals surface area (Å²) < 4.78 is 11.4. The molecule has 1 aromatic heterocycles. The molecule has 1 heterocycles. The molecule has 0 spiro atoms. The molecule has 0 aliphatic carbocycles. The van der Waals surface area contributed by atoms with Crippen molar-refractivity contribution in [1.29, 1.82) is 0 Å². The summed E-state index contributed by atoms with van der Waals surface area (Å²) in [5.74, 6) is -0.112. The van der Waals surface area contributed by atoms with Gasteiger partial charge in [-0.1, -0.05) is 30.3 Å². The highest BCUT2D eigenvalue weighted by Gasteiger charge is 2.11. The van der Waals surface area contributed by atoms with Crippen molar-refractivity contribution in [3.8, 4) is 16.9 Å². The Bertz CT molecular complexity index is 1410. The zero-order valence-corrected chi connectivity index (χ0v) is 20.2. The van der Waals surface area contributed by atoms with E-state index in [9.17, 15) is 14.7 Å². The molecule has 4 N–H and O–H groups in total. The molecule has 9 heteroatoms. The molecule has 4 aromatic rings. The van der Waals surface area contributed by atoms with Gasteiger partial charge in [-0.3, -0.25) is 0 Å². The van der Waals surface area contributed by atoms with Gasteiger partial charge in [0.2, 0.25) is 0 Å². The van der Waals surface area contributed by atoms with Gasteiger partial charge >= 0.3 is 11.4 Å². The van der Waals surface area contributed by atoms with Crippen LogP contribution in [0.2, 0.25) is 0 Å². The lowest BCUT2D eigenvalue weighted by Crippen LogP contribution is -2.21. The van der Waals surface area contributed by atoms with Crippen LogP contribution in [0.4, 0.5) is 5.69 Å². The molecule has 1 atom stereocenters. The summed E-state index contributed by atoms with van der Waals surface area (Å²) in [7, 11) is 0. The molecule has 0 radical (unpaired) electrons. The number of aryl methyl sites for hydroxylation is 2. The van der Waals surface area contributed by atoms with Crippen molar-refractivity contribution in [2.24, 2.45) is 0 Å². The summed E-state index contributed by atoms with van der Waals surface area (Å²) in [5, 5.41) is 21.9. The molecule has 0 amide bonds. The Morgan fingerprint density at radius 1 is 1.03 bits per heavy atom. The lowest BCUT2D eigenvalue weighted by atomic mass is 9.94. The zero-order chi connectivity index (χ0) is 25.7. The first kappa shape index (κ1) is 25.0. The maximum atomic E-state index is 11.6. The van der Waals surface area contributed by atoms with Crippen molar-refractivity contribution in [2.45, 2.75) is 33.0 Å². The fourth-order valence-corrected chi connectivity index (χ4v) is 4.06. The van der Waals surface area contributed by atoms with Crippen molar-refractivity contribution in [1.82, 2.24) is 9.72 Å². The van der Waals surface area contributed by atoms with Crippen LogP contribution in [0.15, 0.2) is 74.8 Å². The van der Waals surface area contributed by atoms with Gasteiger partial charge in [-0.2, -0.15) is 0 Å². The summed E-state index contributed by atoms with van der Waals surface area (Å²) >= 11 is 0. The van der Waals surface area contributed by atoms with E-state index in [0.717, 1.165) is 43.8 Å². The summed E-state index contributed by atoms with van der Waals surface area (Å²) in [6.45, 7) is 4.54. The Labute approximate surface area is 207 Å². The molecule has 0 saturated carbocycles. The van der Waals surface area contributed by atoms with Gasteiger partial charge in [-0.05, 0) is 77.6 Å². The second-order valence-electron chi connectivity index (χ2n) is 8.68. The number of anilines is 1. The molecule has 9 nitrogen and oxygen atoms in total. The zero-order valence-electron chi connectivity index (χ0n) is 20.2. The standard InChI is InChI=1S/C27H29N3O6/c1-17-10-24(35-16-23(32)15-31)11-18(2)25(17)21-5-3-4-20(12-21)13-28-22-8-6-19(7-9-22)14-30-26(33)29-27(34)36-30/h3-12,23,28,31-32H,13-16H2,1-2H3,(H,29,33,34)/t23-/m0/s1. The van der Waals surface area contributed by atoms with Crippen LogP contribution in [0.25, 0.3) is 11.1 Å². The monoisotopic (exact) mass is 491 g/mol. The van der Waals surface area contributed by atoms with Crippen molar-refractivity contribution < 1.29 is 19.5 Å². The second kappa shape index (κ2) is 11.1. The van der Waals surface area contributed by atoms with Crippen LogP contribution in [0, 0.1) is 13.8 Å². The Kier molecular flexibility index (Phi) is 7.72. The minimum Gasteiger partial charge on any atom is -0.491 e. The number of aliphatic hydroxyl groups is 2.